The summed E-state index contributed by atoms with van der Waals surface area (Å²) in [6, 6.07) is 17.4. The molecule has 148 valence electrons. The average Bonchev–Trinajstić information content (AvgIpc) is 2.73. The number of Topliss-reactive ketones (excluding diaryl/α,β-unsaturated/α-hetero) is 1. The van der Waals surface area contributed by atoms with E-state index in [-0.39, 0.29) is 10.5 Å². The number of carbonyl (C=O) groups excluding carboxylic acids is 1. The lowest BCUT2D eigenvalue weighted by Crippen LogP contribution is -2.14. The van der Waals surface area contributed by atoms with Crippen LogP contribution in [0.2, 0.25) is 0 Å². The molecule has 0 amide bonds. The molecule has 4 nitrogen and oxygen atoms in total. The largest absolute Gasteiger partial charge is 0.497 e. The first-order chi connectivity index (χ1) is 13.8. The van der Waals surface area contributed by atoms with Crippen LogP contribution in [-0.4, -0.2) is 21.3 Å². The van der Waals surface area contributed by atoms with Gasteiger partial charge in [-0.1, -0.05) is 28.1 Å². The summed E-state index contributed by atoms with van der Waals surface area (Å²) in [5, 5.41) is 0. The molecule has 0 aliphatic carbocycles. The Bertz CT molecular complexity index is 1150. The Balaban J connectivity index is 2.13. The van der Waals surface area contributed by atoms with Gasteiger partial charge in [0.05, 0.1) is 12.0 Å². The van der Waals surface area contributed by atoms with Gasteiger partial charge in [0.2, 0.25) is 15.6 Å². The highest BCUT2D eigenvalue weighted by atomic mass is 79.9. The molecular formula is C22H16BrFO4S. The monoisotopic (exact) mass is 474 g/mol. The highest BCUT2D eigenvalue weighted by Gasteiger charge is 2.28. The Morgan fingerprint density at radius 2 is 1.52 bits per heavy atom. The number of methoxy groups -OCH3 is 1. The van der Waals surface area contributed by atoms with Gasteiger partial charge in [0, 0.05) is 10.0 Å². The smallest absolute Gasteiger partial charge is 0.210 e. The van der Waals surface area contributed by atoms with E-state index in [0.29, 0.717) is 11.3 Å². The molecule has 0 bridgehead atoms. The van der Waals surface area contributed by atoms with Gasteiger partial charge in [-0.3, -0.25) is 4.79 Å². The topological polar surface area (TPSA) is 60.4 Å². The number of hydrogen-bond acceptors (Lipinski definition) is 4. The van der Waals surface area contributed by atoms with Gasteiger partial charge in [-0.05, 0) is 72.3 Å². The van der Waals surface area contributed by atoms with Gasteiger partial charge in [0.25, 0.3) is 0 Å². The zero-order valence-corrected chi connectivity index (χ0v) is 17.7. The van der Waals surface area contributed by atoms with Crippen molar-refractivity contribution in [3.05, 3.63) is 99.1 Å². The molecule has 29 heavy (non-hydrogen) atoms. The van der Waals surface area contributed by atoms with Crippen LogP contribution in [0, 0.1) is 5.82 Å². The minimum absolute atomic E-state index is 0.163. The van der Waals surface area contributed by atoms with Crippen molar-refractivity contribution in [1.82, 2.24) is 0 Å². The fourth-order valence-corrected chi connectivity index (χ4v) is 4.27. The van der Waals surface area contributed by atoms with Gasteiger partial charge in [0.15, 0.2) is 0 Å². The molecule has 7 heteroatoms. The van der Waals surface area contributed by atoms with E-state index < -0.39 is 26.3 Å². The van der Waals surface area contributed by atoms with Gasteiger partial charge in [-0.2, -0.15) is 0 Å². The van der Waals surface area contributed by atoms with Crippen LogP contribution in [0.15, 0.2) is 87.1 Å². The molecule has 0 fully saturated rings. The van der Waals surface area contributed by atoms with E-state index in [1.165, 1.54) is 25.3 Å². The van der Waals surface area contributed by atoms with Crippen LogP contribution in [0.4, 0.5) is 4.39 Å². The first-order valence-electron chi connectivity index (χ1n) is 8.48. The Kier molecular flexibility index (Phi) is 6.30. The zero-order valence-electron chi connectivity index (χ0n) is 15.3. The van der Waals surface area contributed by atoms with Crippen molar-refractivity contribution < 1.29 is 22.3 Å². The standard InChI is InChI=1S/C22H16BrFO4S/c1-28-19-10-4-16(5-11-19)22(25)21(14-15-2-6-17(23)7-3-15)29(26,27)20-12-8-18(24)9-13-20/h2-14H,1H3/b21-14+. The van der Waals surface area contributed by atoms with Crippen LogP contribution in [-0.2, 0) is 9.84 Å². The number of sulfone groups is 1. The fourth-order valence-electron chi connectivity index (χ4n) is 2.60. The van der Waals surface area contributed by atoms with E-state index in [1.54, 1.807) is 36.4 Å². The number of halogens is 2. The number of hydrogen-bond donors (Lipinski definition) is 0. The highest BCUT2D eigenvalue weighted by molar-refractivity contribution is 9.10. The summed E-state index contributed by atoms with van der Waals surface area (Å²) in [5.41, 5.74) is 0.732. The van der Waals surface area contributed by atoms with Crippen LogP contribution in [0.3, 0.4) is 0 Å². The van der Waals surface area contributed by atoms with Crippen LogP contribution >= 0.6 is 15.9 Å². The first kappa shape index (κ1) is 21.0. The lowest BCUT2D eigenvalue weighted by atomic mass is 10.1. The summed E-state index contributed by atoms with van der Waals surface area (Å²) < 4.78 is 45.6. The Hall–Kier alpha value is -2.77. The fraction of sp³-hybridized carbons (Fsp3) is 0.0455. The molecule has 0 unspecified atom stereocenters. The molecule has 3 aromatic carbocycles. The third kappa shape index (κ3) is 4.81. The molecule has 0 N–H and O–H groups in total. The van der Waals surface area contributed by atoms with Crippen LogP contribution in [0.25, 0.3) is 6.08 Å². The summed E-state index contributed by atoms with van der Waals surface area (Å²) in [4.78, 5) is 12.6. The van der Waals surface area contributed by atoms with E-state index in [9.17, 15) is 17.6 Å². The number of carbonyl (C=O) groups is 1. The number of allylic oxidation sites excluding steroid dienone is 1. The van der Waals surface area contributed by atoms with Crippen molar-refractivity contribution in [1.29, 1.82) is 0 Å². The van der Waals surface area contributed by atoms with E-state index in [0.717, 1.165) is 28.7 Å². The summed E-state index contributed by atoms with van der Waals surface area (Å²) in [5.74, 6) is -0.690. The van der Waals surface area contributed by atoms with Crippen molar-refractivity contribution in [3.63, 3.8) is 0 Å². The van der Waals surface area contributed by atoms with Gasteiger partial charge >= 0.3 is 0 Å². The third-order valence-corrected chi connectivity index (χ3v) is 6.46. The number of benzene rings is 3. The molecule has 0 spiro atoms. The summed E-state index contributed by atoms with van der Waals surface area (Å²) in [7, 11) is -2.69. The van der Waals surface area contributed by atoms with E-state index in [2.05, 4.69) is 15.9 Å². The minimum Gasteiger partial charge on any atom is -0.497 e. The SMILES string of the molecule is COc1ccc(C(=O)/C(=C\c2ccc(Br)cc2)S(=O)(=O)c2ccc(F)cc2)cc1. The summed E-state index contributed by atoms with van der Waals surface area (Å²) in [6.45, 7) is 0. The van der Waals surface area contributed by atoms with Crippen molar-refractivity contribution >= 4 is 37.6 Å². The molecule has 0 saturated heterocycles. The number of ketones is 1. The van der Waals surface area contributed by atoms with Crippen LogP contribution < -0.4 is 4.74 Å². The van der Waals surface area contributed by atoms with E-state index in [1.807, 2.05) is 0 Å². The molecule has 0 radical (unpaired) electrons. The number of rotatable bonds is 6. The highest BCUT2D eigenvalue weighted by Crippen LogP contribution is 2.26. The zero-order chi connectivity index (χ0) is 21.0. The molecule has 0 aliphatic rings. The Labute approximate surface area is 176 Å². The Morgan fingerprint density at radius 3 is 2.07 bits per heavy atom. The second-order valence-electron chi connectivity index (χ2n) is 6.08. The number of ether oxygens (including phenoxy) is 1. The first-order valence-corrected chi connectivity index (χ1v) is 10.8. The summed E-state index contributed by atoms with van der Waals surface area (Å²) >= 11 is 3.32. The predicted molar refractivity (Wildman–Crippen MR) is 113 cm³/mol. The molecular weight excluding hydrogens is 459 g/mol. The molecule has 0 atom stereocenters. The molecule has 0 saturated carbocycles. The van der Waals surface area contributed by atoms with Gasteiger partial charge in [-0.25, -0.2) is 12.8 Å². The van der Waals surface area contributed by atoms with Crippen molar-refractivity contribution in [3.8, 4) is 5.75 Å². The lowest BCUT2D eigenvalue weighted by molar-refractivity contribution is 0.104. The van der Waals surface area contributed by atoms with E-state index in [4.69, 9.17) is 4.74 Å². The maximum atomic E-state index is 13.3. The van der Waals surface area contributed by atoms with Gasteiger partial charge in [-0.15, -0.1) is 0 Å². The third-order valence-electron chi connectivity index (χ3n) is 4.16. The second kappa shape index (κ2) is 8.71. The predicted octanol–water partition coefficient (Wildman–Crippen LogP) is 5.29. The molecule has 3 rings (SSSR count). The van der Waals surface area contributed by atoms with E-state index >= 15 is 0 Å². The second-order valence-corrected chi connectivity index (χ2v) is 8.91. The molecule has 3 aromatic rings. The lowest BCUT2D eigenvalue weighted by Gasteiger charge is -2.10. The average molecular weight is 475 g/mol. The van der Waals surface area contributed by atoms with Gasteiger partial charge in [0.1, 0.15) is 16.5 Å². The molecule has 0 aromatic heterocycles. The van der Waals surface area contributed by atoms with Crippen molar-refractivity contribution in [2.75, 3.05) is 7.11 Å². The van der Waals surface area contributed by atoms with Crippen molar-refractivity contribution in [2.24, 2.45) is 0 Å². The Morgan fingerprint density at radius 1 is 0.931 bits per heavy atom. The summed E-state index contributed by atoms with van der Waals surface area (Å²) in [6.07, 6.45) is 1.32. The van der Waals surface area contributed by atoms with Crippen LogP contribution in [0.5, 0.6) is 5.75 Å². The normalized spacial score (nSPS) is 11.9. The van der Waals surface area contributed by atoms with Crippen molar-refractivity contribution in [2.45, 2.75) is 4.90 Å². The maximum Gasteiger partial charge on any atom is 0.210 e. The quantitative estimate of drug-likeness (QED) is 0.276. The minimum atomic E-state index is -4.19. The molecule has 0 heterocycles. The van der Waals surface area contributed by atoms with Crippen LogP contribution in [0.1, 0.15) is 15.9 Å². The van der Waals surface area contributed by atoms with Gasteiger partial charge < -0.3 is 4.74 Å². The maximum absolute atomic E-state index is 13.3. The molecule has 0 aliphatic heterocycles.